The average molecular weight is 379 g/mol. The summed E-state index contributed by atoms with van der Waals surface area (Å²) in [5.41, 5.74) is 1.30. The summed E-state index contributed by atoms with van der Waals surface area (Å²) < 4.78 is 5.21. The van der Waals surface area contributed by atoms with Gasteiger partial charge in [-0.2, -0.15) is 0 Å². The van der Waals surface area contributed by atoms with Gasteiger partial charge in [0.15, 0.2) is 0 Å². The van der Waals surface area contributed by atoms with E-state index in [-0.39, 0.29) is 12.5 Å². The van der Waals surface area contributed by atoms with E-state index in [1.54, 1.807) is 24.3 Å². The molecule has 28 heavy (non-hydrogen) atoms. The molecule has 1 aliphatic carbocycles. The Balaban J connectivity index is 1.55. The highest BCUT2D eigenvalue weighted by atomic mass is 16.5. The fourth-order valence-corrected chi connectivity index (χ4v) is 4.04. The zero-order chi connectivity index (χ0) is 19.7. The average Bonchev–Trinajstić information content (AvgIpc) is 2.93. The van der Waals surface area contributed by atoms with Crippen LogP contribution in [-0.4, -0.2) is 36.4 Å². The van der Waals surface area contributed by atoms with E-state index >= 15 is 0 Å². The number of methoxy groups -OCH3 is 1. The minimum Gasteiger partial charge on any atom is -0.495 e. The molecule has 1 atom stereocenters. The van der Waals surface area contributed by atoms with Gasteiger partial charge in [0.1, 0.15) is 17.8 Å². The third-order valence-corrected chi connectivity index (χ3v) is 5.33. The molecule has 2 aliphatic rings. The van der Waals surface area contributed by atoms with E-state index in [1.165, 1.54) is 7.11 Å². The lowest BCUT2D eigenvalue weighted by Gasteiger charge is -2.33. The molecular weight excluding hydrogens is 358 g/mol. The van der Waals surface area contributed by atoms with Crippen molar-refractivity contribution in [1.29, 1.82) is 0 Å². The zero-order valence-electron chi connectivity index (χ0n) is 15.5. The van der Waals surface area contributed by atoms with Gasteiger partial charge in [-0.1, -0.05) is 36.4 Å². The maximum absolute atomic E-state index is 13.2. The molecule has 2 N–H and O–H groups in total. The molecule has 2 aromatic carbocycles. The predicted octanol–water partition coefficient (Wildman–Crippen LogP) is 2.42. The van der Waals surface area contributed by atoms with Gasteiger partial charge in [0, 0.05) is 0 Å². The monoisotopic (exact) mass is 379 g/mol. The second kappa shape index (κ2) is 6.99. The quantitative estimate of drug-likeness (QED) is 0.799. The zero-order valence-corrected chi connectivity index (χ0v) is 15.5. The molecule has 7 nitrogen and oxygen atoms in total. The number of anilines is 1. The molecule has 0 aromatic heterocycles. The molecule has 1 aliphatic heterocycles. The largest absolute Gasteiger partial charge is 0.495 e. The summed E-state index contributed by atoms with van der Waals surface area (Å²) in [7, 11) is 1.51. The Morgan fingerprint density at radius 3 is 2.75 bits per heavy atom. The number of hydrogen-bond donors (Lipinski definition) is 2. The molecule has 4 amide bonds. The number of imide groups is 1. The molecule has 1 saturated heterocycles. The number of carbonyl (C=O) groups is 3. The van der Waals surface area contributed by atoms with Crippen molar-refractivity contribution in [3.05, 3.63) is 59.7 Å². The number of fused-ring (bicyclic) bond motifs is 2. The molecule has 0 saturated carbocycles. The van der Waals surface area contributed by atoms with Crippen LogP contribution in [0.15, 0.2) is 48.5 Å². The van der Waals surface area contributed by atoms with Crippen LogP contribution in [0.1, 0.15) is 24.0 Å². The van der Waals surface area contributed by atoms with Crippen LogP contribution in [0, 0.1) is 0 Å². The lowest BCUT2D eigenvalue weighted by molar-refractivity contribution is -0.134. The Hall–Kier alpha value is -3.35. The topological polar surface area (TPSA) is 87.7 Å². The number of para-hydroxylation sites is 2. The first kappa shape index (κ1) is 18.0. The lowest BCUT2D eigenvalue weighted by atomic mass is 9.76. The number of nitrogens with one attached hydrogen (secondary N) is 2. The van der Waals surface area contributed by atoms with Gasteiger partial charge in [0.2, 0.25) is 5.91 Å². The van der Waals surface area contributed by atoms with Crippen LogP contribution < -0.4 is 15.4 Å². The van der Waals surface area contributed by atoms with Gasteiger partial charge >= 0.3 is 6.03 Å². The van der Waals surface area contributed by atoms with E-state index in [0.29, 0.717) is 17.9 Å². The Morgan fingerprint density at radius 1 is 1.18 bits per heavy atom. The Morgan fingerprint density at radius 2 is 1.93 bits per heavy atom. The number of nitrogens with zero attached hydrogens (tertiary/aromatic N) is 1. The van der Waals surface area contributed by atoms with Crippen molar-refractivity contribution >= 4 is 23.5 Å². The minimum absolute atomic E-state index is 0.355. The van der Waals surface area contributed by atoms with E-state index in [2.05, 4.69) is 10.6 Å². The lowest BCUT2D eigenvalue weighted by Crippen LogP contribution is -2.47. The minimum atomic E-state index is -1.07. The van der Waals surface area contributed by atoms with Gasteiger partial charge in [-0.25, -0.2) is 4.79 Å². The van der Waals surface area contributed by atoms with Crippen LogP contribution in [-0.2, 0) is 21.5 Å². The first-order valence-electron chi connectivity index (χ1n) is 9.20. The van der Waals surface area contributed by atoms with Gasteiger partial charge in [-0.3, -0.25) is 14.5 Å². The molecule has 1 spiro atoms. The number of hydrogen-bond acceptors (Lipinski definition) is 4. The van der Waals surface area contributed by atoms with Crippen LogP contribution >= 0.6 is 0 Å². The molecule has 1 heterocycles. The summed E-state index contributed by atoms with van der Waals surface area (Å²) in [6.45, 7) is -0.355. The van der Waals surface area contributed by atoms with Crippen molar-refractivity contribution in [3.63, 3.8) is 0 Å². The van der Waals surface area contributed by atoms with Crippen molar-refractivity contribution < 1.29 is 19.1 Å². The molecule has 0 bridgehead atoms. The normalized spacial score (nSPS) is 20.7. The summed E-state index contributed by atoms with van der Waals surface area (Å²) in [5.74, 6) is -0.334. The van der Waals surface area contributed by atoms with Crippen molar-refractivity contribution in [3.8, 4) is 5.75 Å². The molecule has 2 aromatic rings. The number of aryl methyl sites for hydroxylation is 1. The smallest absolute Gasteiger partial charge is 0.325 e. The molecule has 7 heteroatoms. The number of benzene rings is 2. The van der Waals surface area contributed by atoms with E-state index in [0.717, 1.165) is 28.9 Å². The molecular formula is C21H21N3O4. The Bertz CT molecular complexity index is 958. The van der Waals surface area contributed by atoms with Crippen molar-refractivity contribution in [1.82, 2.24) is 10.2 Å². The standard InChI is InChI=1S/C21H21N3O4/c1-28-17-11-5-4-10-16(17)22-18(25)13-24-19(26)21(23-20(24)27)12-6-8-14-7-2-3-9-15(14)21/h2-5,7,9-11H,6,8,12-13H2,1H3,(H,22,25)(H,23,27)/t21-/m0/s1. The molecule has 4 rings (SSSR count). The SMILES string of the molecule is COc1ccccc1NC(=O)CN1C(=O)N[C@]2(CCCc3ccccc32)C1=O. The number of rotatable bonds is 4. The number of amides is 4. The number of ether oxygens (including phenoxy) is 1. The van der Waals surface area contributed by atoms with E-state index in [1.807, 2.05) is 24.3 Å². The third-order valence-electron chi connectivity index (χ3n) is 5.33. The third kappa shape index (κ3) is 2.89. The second-order valence-electron chi connectivity index (χ2n) is 6.99. The maximum atomic E-state index is 13.2. The first-order chi connectivity index (χ1) is 13.5. The molecule has 1 fully saturated rings. The van der Waals surface area contributed by atoms with Crippen LogP contribution in [0.4, 0.5) is 10.5 Å². The Labute approximate surface area is 162 Å². The van der Waals surface area contributed by atoms with Crippen LogP contribution in [0.3, 0.4) is 0 Å². The highest BCUT2D eigenvalue weighted by Crippen LogP contribution is 2.39. The molecule has 144 valence electrons. The van der Waals surface area contributed by atoms with Crippen LogP contribution in [0.5, 0.6) is 5.75 Å². The number of carbonyl (C=O) groups excluding carboxylic acids is 3. The summed E-state index contributed by atoms with van der Waals surface area (Å²) in [4.78, 5) is 39.3. The van der Waals surface area contributed by atoms with Gasteiger partial charge < -0.3 is 15.4 Å². The van der Waals surface area contributed by atoms with Crippen molar-refractivity contribution in [2.75, 3.05) is 19.0 Å². The van der Waals surface area contributed by atoms with Gasteiger partial charge in [0.25, 0.3) is 5.91 Å². The maximum Gasteiger partial charge on any atom is 0.325 e. The van der Waals surface area contributed by atoms with Gasteiger partial charge in [-0.05, 0) is 42.5 Å². The van der Waals surface area contributed by atoms with Gasteiger partial charge in [0.05, 0.1) is 12.8 Å². The van der Waals surface area contributed by atoms with Gasteiger partial charge in [-0.15, -0.1) is 0 Å². The van der Waals surface area contributed by atoms with E-state index in [4.69, 9.17) is 4.74 Å². The molecule has 0 unspecified atom stereocenters. The Kier molecular flexibility index (Phi) is 4.50. The fourth-order valence-electron chi connectivity index (χ4n) is 4.04. The second-order valence-corrected chi connectivity index (χ2v) is 6.99. The fraction of sp³-hybridized carbons (Fsp3) is 0.286. The summed E-state index contributed by atoms with van der Waals surface area (Å²) >= 11 is 0. The summed E-state index contributed by atoms with van der Waals surface area (Å²) in [6.07, 6.45) is 2.19. The van der Waals surface area contributed by atoms with Crippen LogP contribution in [0.25, 0.3) is 0 Å². The van der Waals surface area contributed by atoms with E-state index in [9.17, 15) is 14.4 Å². The first-order valence-corrected chi connectivity index (χ1v) is 9.20. The summed E-state index contributed by atoms with van der Waals surface area (Å²) in [5, 5.41) is 5.55. The number of urea groups is 1. The van der Waals surface area contributed by atoms with Crippen molar-refractivity contribution in [2.24, 2.45) is 0 Å². The molecule has 0 radical (unpaired) electrons. The highest BCUT2D eigenvalue weighted by molar-refractivity contribution is 6.10. The van der Waals surface area contributed by atoms with E-state index < -0.39 is 17.5 Å². The van der Waals surface area contributed by atoms with Crippen LogP contribution in [0.2, 0.25) is 0 Å². The summed E-state index contributed by atoms with van der Waals surface area (Å²) in [6, 6.07) is 14.1. The predicted molar refractivity (Wildman–Crippen MR) is 103 cm³/mol. The highest BCUT2D eigenvalue weighted by Gasteiger charge is 2.54. The van der Waals surface area contributed by atoms with Crippen molar-refractivity contribution in [2.45, 2.75) is 24.8 Å².